The maximum absolute atomic E-state index is 12.5. The molecular weight excluding hydrogens is 588 g/mol. The number of aryl methyl sites for hydroxylation is 2. The molecule has 3 aromatic carbocycles. The largest absolute Gasteiger partial charge is 0.490 e. The van der Waals surface area contributed by atoms with Crippen molar-refractivity contribution >= 4 is 62.8 Å². The molecule has 3 aromatic rings. The number of hydrazone groups is 1. The summed E-state index contributed by atoms with van der Waals surface area (Å²) in [7, 11) is 0. The van der Waals surface area contributed by atoms with Crippen LogP contribution in [-0.2, 0) is 14.4 Å². The van der Waals surface area contributed by atoms with E-state index in [1.807, 2.05) is 45.9 Å². The lowest BCUT2D eigenvalue weighted by Crippen LogP contribution is -2.32. The molecule has 11 heteroatoms. The fourth-order valence-corrected chi connectivity index (χ4v) is 4.28. The summed E-state index contributed by atoms with van der Waals surface area (Å²) in [6.07, 6.45) is 1.36. The standard InChI is InChI=1S/C28H28BrClN4O5/c1-5-38-23-13-19(14-31-34-28(37)27(36)33-25-16(2)8-6-9-17(25)3)12-20(29)26(23)39-15-24(35)32-22-11-7-10-21(30)18(22)4/h6-14H,5,15H2,1-4H3,(H,32,35)(H,33,36)(H,34,37)/b31-14-. The zero-order valence-electron chi connectivity index (χ0n) is 21.9. The molecule has 204 valence electrons. The van der Waals surface area contributed by atoms with Crippen molar-refractivity contribution < 1.29 is 23.9 Å². The van der Waals surface area contributed by atoms with Crippen LogP contribution in [0.25, 0.3) is 0 Å². The fraction of sp³-hybridized carbons (Fsp3) is 0.214. The molecule has 0 atom stereocenters. The van der Waals surface area contributed by atoms with Gasteiger partial charge in [0.15, 0.2) is 18.1 Å². The Balaban J connectivity index is 1.64. The van der Waals surface area contributed by atoms with Gasteiger partial charge in [-0.05, 0) is 90.1 Å². The quantitative estimate of drug-likeness (QED) is 0.166. The molecule has 39 heavy (non-hydrogen) atoms. The van der Waals surface area contributed by atoms with Gasteiger partial charge in [-0.25, -0.2) is 5.43 Å². The second-order valence-electron chi connectivity index (χ2n) is 8.43. The molecule has 0 aliphatic carbocycles. The molecule has 0 aromatic heterocycles. The number of benzene rings is 3. The van der Waals surface area contributed by atoms with Gasteiger partial charge in [0, 0.05) is 16.4 Å². The van der Waals surface area contributed by atoms with Gasteiger partial charge in [0.05, 0.1) is 17.3 Å². The van der Waals surface area contributed by atoms with Crippen molar-refractivity contribution in [1.29, 1.82) is 0 Å². The molecular formula is C28H28BrClN4O5. The van der Waals surface area contributed by atoms with E-state index in [2.05, 4.69) is 37.1 Å². The first kappa shape index (κ1) is 29.7. The first-order valence-corrected chi connectivity index (χ1v) is 13.1. The minimum atomic E-state index is -0.918. The minimum Gasteiger partial charge on any atom is -0.490 e. The van der Waals surface area contributed by atoms with Crippen LogP contribution in [0.5, 0.6) is 11.5 Å². The van der Waals surface area contributed by atoms with Crippen LogP contribution < -0.4 is 25.5 Å². The van der Waals surface area contributed by atoms with E-state index < -0.39 is 11.8 Å². The van der Waals surface area contributed by atoms with Gasteiger partial charge in [-0.3, -0.25) is 14.4 Å². The molecule has 9 nitrogen and oxygen atoms in total. The Morgan fingerprint density at radius 2 is 1.67 bits per heavy atom. The van der Waals surface area contributed by atoms with Gasteiger partial charge < -0.3 is 20.1 Å². The van der Waals surface area contributed by atoms with Crippen molar-refractivity contribution in [3.05, 3.63) is 80.3 Å². The van der Waals surface area contributed by atoms with Crippen LogP contribution in [-0.4, -0.2) is 37.1 Å². The van der Waals surface area contributed by atoms with Gasteiger partial charge in [-0.1, -0.05) is 35.9 Å². The zero-order chi connectivity index (χ0) is 28.5. The van der Waals surface area contributed by atoms with Crippen molar-refractivity contribution in [2.24, 2.45) is 5.10 Å². The third kappa shape index (κ3) is 8.05. The molecule has 0 saturated carbocycles. The van der Waals surface area contributed by atoms with Gasteiger partial charge in [0.1, 0.15) is 0 Å². The van der Waals surface area contributed by atoms with Crippen molar-refractivity contribution in [3.8, 4) is 11.5 Å². The summed E-state index contributed by atoms with van der Waals surface area (Å²) >= 11 is 9.55. The highest BCUT2D eigenvalue weighted by Gasteiger charge is 2.17. The molecule has 0 unspecified atom stereocenters. The Hall–Kier alpha value is -3.89. The molecule has 3 rings (SSSR count). The van der Waals surface area contributed by atoms with Crippen molar-refractivity contribution in [1.82, 2.24) is 5.43 Å². The topological polar surface area (TPSA) is 118 Å². The molecule has 0 fully saturated rings. The summed E-state index contributed by atoms with van der Waals surface area (Å²) in [5.74, 6) is -1.44. The summed E-state index contributed by atoms with van der Waals surface area (Å²) in [5.41, 5.74) is 6.37. The molecule has 0 aliphatic rings. The van der Waals surface area contributed by atoms with E-state index in [0.717, 1.165) is 16.7 Å². The first-order valence-electron chi connectivity index (χ1n) is 11.9. The predicted octanol–water partition coefficient (Wildman–Crippen LogP) is 5.53. The van der Waals surface area contributed by atoms with Crippen LogP contribution in [0, 0.1) is 20.8 Å². The molecule has 0 saturated heterocycles. The number of amides is 3. The maximum atomic E-state index is 12.5. The number of nitrogens with zero attached hydrogens (tertiary/aromatic N) is 1. The third-order valence-electron chi connectivity index (χ3n) is 5.53. The lowest BCUT2D eigenvalue weighted by molar-refractivity contribution is -0.136. The van der Waals surface area contributed by atoms with Gasteiger partial charge in [-0.2, -0.15) is 5.10 Å². The Morgan fingerprint density at radius 1 is 0.974 bits per heavy atom. The van der Waals surface area contributed by atoms with E-state index in [-0.39, 0.29) is 12.5 Å². The molecule has 0 spiro atoms. The van der Waals surface area contributed by atoms with Crippen LogP contribution in [0.15, 0.2) is 58.1 Å². The minimum absolute atomic E-state index is 0.274. The summed E-state index contributed by atoms with van der Waals surface area (Å²) in [6, 6.07) is 14.1. The average molecular weight is 616 g/mol. The summed E-state index contributed by atoms with van der Waals surface area (Å²) in [4.78, 5) is 37.0. The van der Waals surface area contributed by atoms with E-state index in [9.17, 15) is 14.4 Å². The highest BCUT2D eigenvalue weighted by atomic mass is 79.9. The lowest BCUT2D eigenvalue weighted by atomic mass is 10.1. The smallest absolute Gasteiger partial charge is 0.329 e. The van der Waals surface area contributed by atoms with E-state index in [1.165, 1.54) is 6.21 Å². The predicted molar refractivity (Wildman–Crippen MR) is 156 cm³/mol. The molecule has 0 radical (unpaired) electrons. The summed E-state index contributed by atoms with van der Waals surface area (Å²) in [6.45, 7) is 7.36. The van der Waals surface area contributed by atoms with Gasteiger partial charge in [0.2, 0.25) is 0 Å². The Bertz CT molecular complexity index is 1410. The van der Waals surface area contributed by atoms with E-state index >= 15 is 0 Å². The number of ether oxygens (including phenoxy) is 2. The number of para-hydroxylation sites is 1. The SMILES string of the molecule is CCOc1cc(/C=N\NC(=O)C(=O)Nc2c(C)cccc2C)cc(Br)c1OCC(=O)Nc1cccc(Cl)c1C. The molecule has 0 aliphatic heterocycles. The van der Waals surface area contributed by atoms with E-state index in [4.69, 9.17) is 21.1 Å². The number of nitrogens with one attached hydrogen (secondary N) is 3. The van der Waals surface area contributed by atoms with Crippen LogP contribution in [0.4, 0.5) is 11.4 Å². The number of anilines is 2. The second-order valence-corrected chi connectivity index (χ2v) is 9.69. The van der Waals surface area contributed by atoms with Gasteiger partial charge in [-0.15, -0.1) is 0 Å². The normalized spacial score (nSPS) is 10.7. The van der Waals surface area contributed by atoms with Crippen LogP contribution in [0.3, 0.4) is 0 Å². The van der Waals surface area contributed by atoms with Gasteiger partial charge in [0.25, 0.3) is 5.91 Å². The highest BCUT2D eigenvalue weighted by molar-refractivity contribution is 9.10. The molecule has 3 amide bonds. The monoisotopic (exact) mass is 614 g/mol. The summed E-state index contributed by atoms with van der Waals surface area (Å²) < 4.78 is 11.9. The van der Waals surface area contributed by atoms with E-state index in [0.29, 0.717) is 44.5 Å². The Kier molecular flexibility index (Phi) is 10.5. The number of halogens is 2. The Labute approximate surface area is 240 Å². The van der Waals surface area contributed by atoms with Crippen molar-refractivity contribution in [2.45, 2.75) is 27.7 Å². The Morgan fingerprint density at radius 3 is 2.36 bits per heavy atom. The number of hydrogen-bond acceptors (Lipinski definition) is 6. The molecule has 0 heterocycles. The third-order valence-corrected chi connectivity index (χ3v) is 6.53. The fourth-order valence-electron chi connectivity index (χ4n) is 3.53. The zero-order valence-corrected chi connectivity index (χ0v) is 24.2. The second kappa shape index (κ2) is 13.8. The number of hydrogen-bond donors (Lipinski definition) is 3. The summed E-state index contributed by atoms with van der Waals surface area (Å²) in [5, 5.41) is 9.81. The first-order chi connectivity index (χ1) is 18.6. The number of carbonyl (C=O) groups is 3. The average Bonchev–Trinajstić information content (AvgIpc) is 2.88. The van der Waals surface area contributed by atoms with Crippen LogP contribution in [0.1, 0.15) is 29.2 Å². The van der Waals surface area contributed by atoms with Crippen LogP contribution in [0.2, 0.25) is 5.02 Å². The maximum Gasteiger partial charge on any atom is 0.329 e. The van der Waals surface area contributed by atoms with Crippen molar-refractivity contribution in [2.75, 3.05) is 23.8 Å². The van der Waals surface area contributed by atoms with Crippen LogP contribution >= 0.6 is 27.5 Å². The molecule has 3 N–H and O–H groups in total. The van der Waals surface area contributed by atoms with E-state index in [1.54, 1.807) is 30.3 Å². The molecule has 0 bridgehead atoms. The number of rotatable bonds is 9. The number of carbonyl (C=O) groups excluding carboxylic acids is 3. The van der Waals surface area contributed by atoms with Crippen molar-refractivity contribution in [3.63, 3.8) is 0 Å². The van der Waals surface area contributed by atoms with Gasteiger partial charge >= 0.3 is 11.8 Å². The lowest BCUT2D eigenvalue weighted by Gasteiger charge is -2.15. The highest BCUT2D eigenvalue weighted by Crippen LogP contribution is 2.36.